The lowest BCUT2D eigenvalue weighted by Crippen LogP contribution is -2.34. The summed E-state index contributed by atoms with van der Waals surface area (Å²) in [6, 6.07) is 5.14. The normalized spacial score (nSPS) is 11.3. The van der Waals surface area contributed by atoms with E-state index in [9.17, 15) is 13.2 Å². The lowest BCUT2D eigenvalue weighted by molar-refractivity contribution is 0.0956. The molecule has 0 aliphatic heterocycles. The largest absolute Gasteiger partial charge is 0.351 e. The van der Waals surface area contributed by atoms with Gasteiger partial charge in [-0.15, -0.1) is 0 Å². The Kier molecular flexibility index (Phi) is 6.45. The first kappa shape index (κ1) is 16.6. The highest BCUT2D eigenvalue weighted by Gasteiger charge is 2.11. The maximum Gasteiger partial charge on any atom is 0.251 e. The Morgan fingerprint density at radius 1 is 1.21 bits per heavy atom. The van der Waals surface area contributed by atoms with Gasteiger partial charge < -0.3 is 5.32 Å². The Morgan fingerprint density at radius 3 is 2.32 bits per heavy atom. The number of halogens is 2. The average Bonchev–Trinajstić information content (AvgIpc) is 2.27. The van der Waals surface area contributed by atoms with Gasteiger partial charge in [-0.05, 0) is 18.2 Å². The molecule has 0 unspecified atom stereocenters. The quantitative estimate of drug-likeness (QED) is 0.747. The summed E-state index contributed by atoms with van der Waals surface area (Å²) in [7, 11) is -3.31. The van der Waals surface area contributed by atoms with Crippen molar-refractivity contribution in [1.82, 2.24) is 10.0 Å². The third kappa shape index (κ3) is 6.03. The fourth-order valence-corrected chi connectivity index (χ4v) is 3.63. The van der Waals surface area contributed by atoms with Gasteiger partial charge in [-0.3, -0.25) is 4.79 Å². The summed E-state index contributed by atoms with van der Waals surface area (Å²) in [4.78, 5) is 11.8. The monoisotopic (exact) mass is 412 g/mol. The van der Waals surface area contributed by atoms with Crippen molar-refractivity contribution >= 4 is 47.8 Å². The van der Waals surface area contributed by atoms with Crippen molar-refractivity contribution in [3.05, 3.63) is 32.7 Å². The lowest BCUT2D eigenvalue weighted by Gasteiger charge is -2.07. The Balaban J connectivity index is 2.57. The first-order chi connectivity index (χ1) is 8.84. The van der Waals surface area contributed by atoms with Crippen LogP contribution < -0.4 is 10.0 Å². The summed E-state index contributed by atoms with van der Waals surface area (Å²) in [5.41, 5.74) is 0.460. The average molecular weight is 414 g/mol. The molecule has 1 amide bonds. The van der Waals surface area contributed by atoms with Gasteiger partial charge in [0, 0.05) is 27.6 Å². The van der Waals surface area contributed by atoms with Crippen LogP contribution in [0.15, 0.2) is 27.1 Å². The molecule has 5 nitrogen and oxygen atoms in total. The molecular formula is C11H14Br2N2O3S. The van der Waals surface area contributed by atoms with Crippen LogP contribution in [0.4, 0.5) is 0 Å². The maximum absolute atomic E-state index is 11.8. The van der Waals surface area contributed by atoms with Gasteiger partial charge in [0.2, 0.25) is 10.0 Å². The topological polar surface area (TPSA) is 75.3 Å². The van der Waals surface area contributed by atoms with Crippen molar-refractivity contribution in [2.75, 3.05) is 18.8 Å². The first-order valence-corrected chi connectivity index (χ1v) is 8.79. The van der Waals surface area contributed by atoms with E-state index in [2.05, 4.69) is 41.9 Å². The Labute approximate surface area is 129 Å². The summed E-state index contributed by atoms with van der Waals surface area (Å²) in [6.07, 6.45) is 0. The SMILES string of the molecule is CCNS(=O)(=O)CCNC(=O)c1cc(Br)cc(Br)c1. The molecule has 1 aromatic carbocycles. The lowest BCUT2D eigenvalue weighted by atomic mass is 10.2. The molecule has 1 aromatic rings. The molecule has 0 atom stereocenters. The first-order valence-electron chi connectivity index (χ1n) is 5.55. The van der Waals surface area contributed by atoms with E-state index in [0.717, 1.165) is 8.95 Å². The van der Waals surface area contributed by atoms with Crippen LogP contribution in [0.5, 0.6) is 0 Å². The number of sulfonamides is 1. The van der Waals surface area contributed by atoms with Crippen LogP contribution in [0.25, 0.3) is 0 Å². The Hall–Kier alpha value is -0.440. The molecule has 106 valence electrons. The molecule has 0 saturated heterocycles. The van der Waals surface area contributed by atoms with E-state index in [0.29, 0.717) is 12.1 Å². The zero-order valence-corrected chi connectivity index (χ0v) is 14.2. The predicted octanol–water partition coefficient (Wildman–Crippen LogP) is 1.88. The standard InChI is InChI=1S/C11H14Br2N2O3S/c1-2-15-19(17,18)4-3-14-11(16)8-5-9(12)7-10(13)6-8/h5-7,15H,2-4H2,1H3,(H,14,16). The van der Waals surface area contributed by atoms with Gasteiger partial charge in [0.25, 0.3) is 5.91 Å². The van der Waals surface area contributed by atoms with E-state index in [4.69, 9.17) is 0 Å². The van der Waals surface area contributed by atoms with Crippen molar-refractivity contribution < 1.29 is 13.2 Å². The van der Waals surface area contributed by atoms with Gasteiger partial charge in [-0.25, -0.2) is 13.1 Å². The molecule has 19 heavy (non-hydrogen) atoms. The molecule has 0 spiro atoms. The summed E-state index contributed by atoms with van der Waals surface area (Å²) in [5.74, 6) is -0.449. The smallest absolute Gasteiger partial charge is 0.251 e. The molecule has 0 radical (unpaired) electrons. The zero-order chi connectivity index (χ0) is 14.5. The number of rotatable bonds is 6. The highest BCUT2D eigenvalue weighted by molar-refractivity contribution is 9.11. The fraction of sp³-hybridized carbons (Fsp3) is 0.364. The van der Waals surface area contributed by atoms with E-state index in [1.807, 2.05) is 6.07 Å². The van der Waals surface area contributed by atoms with Crippen molar-refractivity contribution in [2.24, 2.45) is 0 Å². The van der Waals surface area contributed by atoms with E-state index in [1.165, 1.54) is 0 Å². The van der Waals surface area contributed by atoms with Crippen molar-refractivity contribution in [2.45, 2.75) is 6.92 Å². The van der Waals surface area contributed by atoms with Gasteiger partial charge in [0.15, 0.2) is 0 Å². The van der Waals surface area contributed by atoms with Crippen LogP contribution in [0.3, 0.4) is 0 Å². The Morgan fingerprint density at radius 2 is 1.79 bits per heavy atom. The number of amides is 1. The fourth-order valence-electron chi connectivity index (χ4n) is 1.38. The van der Waals surface area contributed by atoms with E-state index in [1.54, 1.807) is 19.1 Å². The minimum absolute atomic E-state index is 0.0678. The van der Waals surface area contributed by atoms with Gasteiger partial charge in [0.1, 0.15) is 0 Å². The number of carbonyl (C=O) groups excluding carboxylic acids is 1. The Bertz CT molecular complexity index is 541. The van der Waals surface area contributed by atoms with Gasteiger partial charge in [-0.2, -0.15) is 0 Å². The second-order valence-corrected chi connectivity index (χ2v) is 7.49. The third-order valence-electron chi connectivity index (χ3n) is 2.15. The van der Waals surface area contributed by atoms with Gasteiger partial charge in [-0.1, -0.05) is 38.8 Å². The molecule has 0 aliphatic rings. The second-order valence-electron chi connectivity index (χ2n) is 3.73. The molecule has 0 heterocycles. The molecule has 0 saturated carbocycles. The molecule has 0 aromatic heterocycles. The van der Waals surface area contributed by atoms with Crippen molar-refractivity contribution in [1.29, 1.82) is 0 Å². The summed E-state index contributed by atoms with van der Waals surface area (Å²) in [5, 5.41) is 2.57. The molecule has 8 heteroatoms. The minimum Gasteiger partial charge on any atom is -0.351 e. The number of carbonyl (C=O) groups is 1. The van der Waals surface area contributed by atoms with E-state index < -0.39 is 10.0 Å². The third-order valence-corrected chi connectivity index (χ3v) is 4.53. The van der Waals surface area contributed by atoms with Crippen LogP contribution in [0.1, 0.15) is 17.3 Å². The summed E-state index contributed by atoms with van der Waals surface area (Å²) >= 11 is 6.57. The molecule has 0 bridgehead atoms. The van der Waals surface area contributed by atoms with E-state index >= 15 is 0 Å². The van der Waals surface area contributed by atoms with Crippen molar-refractivity contribution in [3.8, 4) is 0 Å². The van der Waals surface area contributed by atoms with Gasteiger partial charge >= 0.3 is 0 Å². The van der Waals surface area contributed by atoms with Crippen LogP contribution in [-0.2, 0) is 10.0 Å². The minimum atomic E-state index is -3.31. The highest BCUT2D eigenvalue weighted by atomic mass is 79.9. The molecule has 2 N–H and O–H groups in total. The summed E-state index contributed by atoms with van der Waals surface area (Å²) in [6.45, 7) is 2.11. The maximum atomic E-state index is 11.8. The van der Waals surface area contributed by atoms with Crippen molar-refractivity contribution in [3.63, 3.8) is 0 Å². The zero-order valence-electron chi connectivity index (χ0n) is 10.2. The van der Waals surface area contributed by atoms with E-state index in [-0.39, 0.29) is 18.2 Å². The second kappa shape index (κ2) is 7.37. The van der Waals surface area contributed by atoms with Crippen LogP contribution in [0.2, 0.25) is 0 Å². The molecular weight excluding hydrogens is 400 g/mol. The molecule has 1 rings (SSSR count). The molecule has 0 aliphatic carbocycles. The predicted molar refractivity (Wildman–Crippen MR) is 81.6 cm³/mol. The number of benzene rings is 1. The van der Waals surface area contributed by atoms with Crippen LogP contribution in [-0.4, -0.2) is 33.2 Å². The number of hydrogen-bond donors (Lipinski definition) is 2. The number of nitrogens with one attached hydrogen (secondary N) is 2. The summed E-state index contributed by atoms with van der Waals surface area (Å²) < 4.78 is 26.7. The van der Waals surface area contributed by atoms with Crippen LogP contribution >= 0.6 is 31.9 Å². The molecule has 0 fully saturated rings. The van der Waals surface area contributed by atoms with Gasteiger partial charge in [0.05, 0.1) is 5.75 Å². The van der Waals surface area contributed by atoms with Crippen LogP contribution in [0, 0.1) is 0 Å². The highest BCUT2D eigenvalue weighted by Crippen LogP contribution is 2.19. The number of hydrogen-bond acceptors (Lipinski definition) is 3.